The summed E-state index contributed by atoms with van der Waals surface area (Å²) in [4.78, 5) is 17.0. The third-order valence-electron chi connectivity index (χ3n) is 5.41. The van der Waals surface area contributed by atoms with Crippen molar-refractivity contribution in [3.8, 4) is 0 Å². The number of para-hydroxylation sites is 1. The number of piperidine rings is 1. The van der Waals surface area contributed by atoms with Crippen LogP contribution in [-0.4, -0.2) is 41.9 Å². The summed E-state index contributed by atoms with van der Waals surface area (Å²) in [5.41, 5.74) is 9.17. The Balaban J connectivity index is 0.00000196. The van der Waals surface area contributed by atoms with Crippen molar-refractivity contribution in [1.29, 1.82) is 0 Å². The van der Waals surface area contributed by atoms with Crippen LogP contribution < -0.4 is 5.73 Å². The largest absolute Gasteiger partial charge is 0.399 e. The van der Waals surface area contributed by atoms with E-state index in [-0.39, 0.29) is 30.7 Å². The SMILES string of the molecule is CN(C(=O)CCc1ccccc1N)C1CCN(Cc2ccccc2)CC1.Cl.Cl. The van der Waals surface area contributed by atoms with Crippen molar-refractivity contribution >= 4 is 36.4 Å². The van der Waals surface area contributed by atoms with E-state index in [1.54, 1.807) is 0 Å². The summed E-state index contributed by atoms with van der Waals surface area (Å²) in [6, 6.07) is 18.7. The Kier molecular flexibility index (Phi) is 10.4. The molecule has 154 valence electrons. The van der Waals surface area contributed by atoms with Crippen LogP contribution in [0.15, 0.2) is 54.6 Å². The highest BCUT2D eigenvalue weighted by Crippen LogP contribution is 2.19. The molecule has 0 atom stereocenters. The van der Waals surface area contributed by atoms with Crippen molar-refractivity contribution in [2.24, 2.45) is 0 Å². The highest BCUT2D eigenvalue weighted by atomic mass is 35.5. The molecule has 6 heteroatoms. The molecule has 1 fully saturated rings. The maximum atomic E-state index is 12.6. The molecule has 0 unspecified atom stereocenters. The summed E-state index contributed by atoms with van der Waals surface area (Å²) in [5, 5.41) is 0. The zero-order valence-corrected chi connectivity index (χ0v) is 18.1. The van der Waals surface area contributed by atoms with E-state index >= 15 is 0 Å². The molecule has 28 heavy (non-hydrogen) atoms. The van der Waals surface area contributed by atoms with Gasteiger partial charge in [-0.1, -0.05) is 48.5 Å². The number of nitrogens with two attached hydrogens (primary N) is 1. The highest BCUT2D eigenvalue weighted by Gasteiger charge is 2.25. The molecule has 0 aromatic heterocycles. The van der Waals surface area contributed by atoms with Crippen molar-refractivity contribution in [2.75, 3.05) is 25.9 Å². The molecule has 1 saturated heterocycles. The molecule has 0 radical (unpaired) electrons. The van der Waals surface area contributed by atoms with Gasteiger partial charge >= 0.3 is 0 Å². The topological polar surface area (TPSA) is 49.6 Å². The minimum absolute atomic E-state index is 0. The van der Waals surface area contributed by atoms with Crippen LogP contribution in [0.2, 0.25) is 0 Å². The number of nitrogens with zero attached hydrogens (tertiary/aromatic N) is 2. The van der Waals surface area contributed by atoms with Crippen molar-refractivity contribution in [2.45, 2.75) is 38.3 Å². The Hall–Kier alpha value is -1.75. The molecule has 1 aliphatic heterocycles. The van der Waals surface area contributed by atoms with Gasteiger partial charge in [-0.05, 0) is 36.5 Å². The summed E-state index contributed by atoms with van der Waals surface area (Å²) in [6.07, 6.45) is 3.32. The van der Waals surface area contributed by atoms with Crippen LogP contribution >= 0.6 is 24.8 Å². The van der Waals surface area contributed by atoms with Gasteiger partial charge in [-0.15, -0.1) is 24.8 Å². The lowest BCUT2D eigenvalue weighted by Gasteiger charge is -2.37. The lowest BCUT2D eigenvalue weighted by Crippen LogP contribution is -2.45. The summed E-state index contributed by atoms with van der Waals surface area (Å²) in [6.45, 7) is 3.09. The Morgan fingerprint density at radius 2 is 1.64 bits per heavy atom. The molecule has 0 aliphatic carbocycles. The average Bonchev–Trinajstić information content (AvgIpc) is 2.68. The third-order valence-corrected chi connectivity index (χ3v) is 5.41. The number of hydrogen-bond donors (Lipinski definition) is 1. The van der Waals surface area contributed by atoms with Gasteiger partial charge < -0.3 is 10.6 Å². The molecule has 0 spiro atoms. The second-order valence-electron chi connectivity index (χ2n) is 7.20. The molecule has 0 bridgehead atoms. The van der Waals surface area contributed by atoms with E-state index < -0.39 is 0 Å². The molecule has 2 N–H and O–H groups in total. The minimum Gasteiger partial charge on any atom is -0.399 e. The van der Waals surface area contributed by atoms with Crippen LogP contribution in [0.3, 0.4) is 0 Å². The van der Waals surface area contributed by atoms with Gasteiger partial charge in [0.1, 0.15) is 0 Å². The first-order valence-electron chi connectivity index (χ1n) is 9.49. The Bertz CT molecular complexity index is 719. The monoisotopic (exact) mass is 423 g/mol. The summed E-state index contributed by atoms with van der Waals surface area (Å²) in [5.74, 6) is 0.217. The van der Waals surface area contributed by atoms with Crippen molar-refractivity contribution in [3.63, 3.8) is 0 Å². The number of carbonyl (C=O) groups is 1. The second-order valence-corrected chi connectivity index (χ2v) is 7.20. The number of halogens is 2. The van der Waals surface area contributed by atoms with E-state index in [9.17, 15) is 4.79 Å². The number of aryl methyl sites for hydroxylation is 1. The van der Waals surface area contributed by atoms with Gasteiger partial charge in [0.05, 0.1) is 0 Å². The van der Waals surface area contributed by atoms with Gasteiger partial charge in [0.15, 0.2) is 0 Å². The van der Waals surface area contributed by atoms with E-state index in [0.717, 1.165) is 43.7 Å². The normalized spacial score (nSPS) is 14.6. The molecular weight excluding hydrogens is 393 g/mol. The smallest absolute Gasteiger partial charge is 0.222 e. The first-order valence-corrected chi connectivity index (χ1v) is 9.49. The van der Waals surface area contributed by atoms with Crippen LogP contribution in [0.25, 0.3) is 0 Å². The van der Waals surface area contributed by atoms with Crippen LogP contribution in [0.4, 0.5) is 5.69 Å². The fraction of sp³-hybridized carbons (Fsp3) is 0.409. The predicted octanol–water partition coefficient (Wildman–Crippen LogP) is 4.17. The molecule has 2 aromatic rings. The van der Waals surface area contributed by atoms with Crippen LogP contribution in [0.5, 0.6) is 0 Å². The molecular formula is C22H31Cl2N3O. The molecule has 2 aromatic carbocycles. The summed E-state index contributed by atoms with van der Waals surface area (Å²) < 4.78 is 0. The van der Waals surface area contributed by atoms with Crippen LogP contribution in [0.1, 0.15) is 30.4 Å². The van der Waals surface area contributed by atoms with Gasteiger partial charge in [0.2, 0.25) is 5.91 Å². The van der Waals surface area contributed by atoms with E-state index in [2.05, 4.69) is 35.2 Å². The molecule has 3 rings (SSSR count). The van der Waals surface area contributed by atoms with E-state index in [1.165, 1.54) is 5.56 Å². The van der Waals surface area contributed by atoms with Crippen LogP contribution in [-0.2, 0) is 17.8 Å². The zero-order chi connectivity index (χ0) is 18.4. The molecule has 4 nitrogen and oxygen atoms in total. The fourth-order valence-electron chi connectivity index (χ4n) is 3.69. The Morgan fingerprint density at radius 1 is 1.04 bits per heavy atom. The average molecular weight is 424 g/mol. The lowest BCUT2D eigenvalue weighted by molar-refractivity contribution is -0.132. The Morgan fingerprint density at radius 3 is 2.29 bits per heavy atom. The quantitative estimate of drug-likeness (QED) is 0.709. The number of amides is 1. The first kappa shape index (κ1) is 24.3. The fourth-order valence-corrected chi connectivity index (χ4v) is 3.69. The van der Waals surface area contributed by atoms with Crippen LogP contribution in [0, 0.1) is 0 Å². The standard InChI is InChI=1S/C22H29N3O.2ClH/c1-24(22(26)12-11-19-9-5-6-10-21(19)23)20-13-15-25(16-14-20)17-18-7-3-2-4-8-18;;/h2-10,20H,11-17,23H2,1H3;2*1H. The lowest BCUT2D eigenvalue weighted by atomic mass is 10.0. The molecule has 0 saturated carbocycles. The highest BCUT2D eigenvalue weighted by molar-refractivity contribution is 5.85. The van der Waals surface area contributed by atoms with Crippen molar-refractivity contribution in [1.82, 2.24) is 9.80 Å². The van der Waals surface area contributed by atoms with E-state index in [1.807, 2.05) is 36.2 Å². The third kappa shape index (κ3) is 6.69. The molecule has 1 aliphatic rings. The predicted molar refractivity (Wildman–Crippen MR) is 121 cm³/mol. The van der Waals surface area contributed by atoms with Crippen molar-refractivity contribution < 1.29 is 4.79 Å². The number of likely N-dealkylation sites (tertiary alicyclic amines) is 1. The van der Waals surface area contributed by atoms with Gasteiger partial charge in [-0.3, -0.25) is 9.69 Å². The van der Waals surface area contributed by atoms with E-state index in [4.69, 9.17) is 5.73 Å². The molecule has 1 amide bonds. The maximum Gasteiger partial charge on any atom is 0.222 e. The van der Waals surface area contributed by atoms with Crippen molar-refractivity contribution in [3.05, 3.63) is 65.7 Å². The number of anilines is 1. The Labute approximate surface area is 180 Å². The van der Waals surface area contributed by atoms with E-state index in [0.29, 0.717) is 18.9 Å². The number of rotatable bonds is 6. The minimum atomic E-state index is 0. The first-order chi connectivity index (χ1) is 12.6. The number of nitrogen functional groups attached to an aromatic ring is 1. The number of benzene rings is 2. The van der Waals surface area contributed by atoms with Gasteiger partial charge in [0.25, 0.3) is 0 Å². The summed E-state index contributed by atoms with van der Waals surface area (Å²) >= 11 is 0. The number of hydrogen-bond acceptors (Lipinski definition) is 3. The zero-order valence-electron chi connectivity index (χ0n) is 16.4. The van der Waals surface area contributed by atoms with Gasteiger partial charge in [0, 0.05) is 44.8 Å². The molecule has 1 heterocycles. The maximum absolute atomic E-state index is 12.6. The van der Waals surface area contributed by atoms with Gasteiger partial charge in [-0.25, -0.2) is 0 Å². The number of carbonyl (C=O) groups excluding carboxylic acids is 1. The second kappa shape index (κ2) is 11.9. The van der Waals surface area contributed by atoms with Gasteiger partial charge in [-0.2, -0.15) is 0 Å². The summed E-state index contributed by atoms with van der Waals surface area (Å²) in [7, 11) is 1.95.